The molecule has 456 valence electrons. The number of nitrogens with zero attached hydrogens (tertiary/aromatic N) is 10. The number of amides is 6. The van der Waals surface area contributed by atoms with E-state index < -0.39 is 29.7 Å². The number of piperidine rings is 1. The molecular weight excluding hydrogens is 1100 g/mol. The lowest BCUT2D eigenvalue weighted by molar-refractivity contribution is -0.136. The van der Waals surface area contributed by atoms with E-state index >= 15 is 0 Å². The molecule has 0 saturated carbocycles. The predicted octanol–water partition coefficient (Wildman–Crippen LogP) is 3.27. The van der Waals surface area contributed by atoms with Crippen LogP contribution in [-0.2, 0) is 61.6 Å². The molecule has 5 aromatic rings. The number of carbonyl (C=O) groups excluding carboxylic acids is 6. The Morgan fingerprint density at radius 3 is 2.27 bits per heavy atom. The summed E-state index contributed by atoms with van der Waals surface area (Å²) in [5.74, 6) is -1.36. The Labute approximate surface area is 499 Å². The van der Waals surface area contributed by atoms with Crippen LogP contribution in [0.1, 0.15) is 88.1 Å². The smallest absolute Gasteiger partial charge is 0.276 e. The van der Waals surface area contributed by atoms with Gasteiger partial charge < -0.3 is 48.9 Å². The van der Waals surface area contributed by atoms with Crippen LogP contribution in [0.5, 0.6) is 0 Å². The topological polar surface area (TPSA) is 259 Å². The van der Waals surface area contributed by atoms with Gasteiger partial charge >= 0.3 is 0 Å². The SMILES string of the molecule is C[C@H]1CN(C(=O)CCOCCN2CCN(CCOCCOCCNc3cccc4c3C(=O)N(C3CCC(=O)NC3=O)C4=O)CC2)CCN1c1ccc(Nc2cc(-c3ccnc(N4CCn5c(cc6c5CC(C)(C)C6)C4=O)c3CO)cn(C)c2=O)nc1. The second kappa shape index (κ2) is 26.0. The van der Waals surface area contributed by atoms with Gasteiger partial charge in [0.15, 0.2) is 0 Å². The van der Waals surface area contributed by atoms with E-state index in [0.29, 0.717) is 131 Å². The number of carbonyl (C=O) groups is 6. The van der Waals surface area contributed by atoms with Gasteiger partial charge in [-0.3, -0.25) is 58.5 Å². The van der Waals surface area contributed by atoms with Crippen molar-refractivity contribution in [3.63, 3.8) is 0 Å². The molecule has 0 radical (unpaired) electrons. The lowest BCUT2D eigenvalue weighted by Crippen LogP contribution is -2.54. The lowest BCUT2D eigenvalue weighted by Gasteiger charge is -2.41. The quantitative estimate of drug-likeness (QED) is 0.0541. The predicted molar refractivity (Wildman–Crippen MR) is 321 cm³/mol. The maximum atomic E-state index is 14.0. The Morgan fingerprint density at radius 2 is 1.55 bits per heavy atom. The summed E-state index contributed by atoms with van der Waals surface area (Å²) in [6.07, 6.45) is 7.46. The summed E-state index contributed by atoms with van der Waals surface area (Å²) >= 11 is 0. The van der Waals surface area contributed by atoms with Gasteiger partial charge in [-0.2, -0.15) is 0 Å². The van der Waals surface area contributed by atoms with Gasteiger partial charge in [-0.25, -0.2) is 9.97 Å². The molecule has 2 atom stereocenters. The third-order valence-corrected chi connectivity index (χ3v) is 17.3. The standard InChI is InChI=1S/C62H77N13O11/c1-40-37-71(54(78)13-26-84-28-24-69-16-18-70(19-17-69)25-29-86-31-30-85-27-15-63-47-7-5-6-45-55(47)61(83)75(58(45)80)49-9-11-53(77)67-57(49)79)20-21-72(40)43-8-10-52(65-36-43)66-48-32-42(38-68(4)59(48)81)44-12-14-64-56(46(44)39-76)74-23-22-73-50(60(74)82)33-41-34-62(2,3)35-51(41)73/h5-8,10,12,14,32-33,36,38,40,49,63,76H,9,11,13,15-31,34-35,37,39H2,1-4H3,(H,65,66)(H,67,77,79)/t40-,49?/m0/s1. The molecule has 9 heterocycles. The number of aromatic nitrogens is 4. The molecule has 24 nitrogen and oxygen atoms in total. The minimum atomic E-state index is -1.02. The van der Waals surface area contributed by atoms with Crippen LogP contribution in [0.4, 0.5) is 28.7 Å². The van der Waals surface area contributed by atoms with E-state index in [-0.39, 0.29) is 59.4 Å². The molecule has 5 aliphatic heterocycles. The number of nitrogens with one attached hydrogen (secondary N) is 3. The van der Waals surface area contributed by atoms with Crippen molar-refractivity contribution >= 4 is 64.1 Å². The van der Waals surface area contributed by atoms with Gasteiger partial charge in [0.1, 0.15) is 29.1 Å². The van der Waals surface area contributed by atoms with Gasteiger partial charge in [0, 0.05) is 133 Å². The van der Waals surface area contributed by atoms with Crippen molar-refractivity contribution in [2.75, 3.05) is 132 Å². The zero-order valence-electron chi connectivity index (χ0n) is 49.5. The zero-order valence-corrected chi connectivity index (χ0v) is 49.5. The van der Waals surface area contributed by atoms with Crippen LogP contribution in [0, 0.1) is 5.41 Å². The largest absolute Gasteiger partial charge is 0.392 e. The highest BCUT2D eigenvalue weighted by Gasteiger charge is 2.46. The second-order valence-electron chi connectivity index (χ2n) is 23.8. The van der Waals surface area contributed by atoms with E-state index in [9.17, 15) is 38.7 Å². The molecule has 1 aliphatic carbocycles. The van der Waals surface area contributed by atoms with Gasteiger partial charge in [0.05, 0.1) is 75.7 Å². The Hall–Kier alpha value is -7.87. The molecule has 0 spiro atoms. The first-order valence-electron chi connectivity index (χ1n) is 29.9. The average molecular weight is 1180 g/mol. The first-order chi connectivity index (χ1) is 41.5. The number of rotatable bonds is 23. The molecule has 11 rings (SSSR count). The molecule has 3 fully saturated rings. The zero-order chi connectivity index (χ0) is 60.2. The number of aliphatic hydroxyl groups is 1. The fourth-order valence-electron chi connectivity index (χ4n) is 12.8. The number of hydrogen-bond donors (Lipinski definition) is 4. The summed E-state index contributed by atoms with van der Waals surface area (Å²) < 4.78 is 21.2. The van der Waals surface area contributed by atoms with Crippen molar-refractivity contribution in [1.29, 1.82) is 0 Å². The van der Waals surface area contributed by atoms with Crippen molar-refractivity contribution in [2.24, 2.45) is 12.5 Å². The molecule has 4 N–H and O–H groups in total. The number of hydrogen-bond acceptors (Lipinski definition) is 18. The number of anilines is 5. The van der Waals surface area contributed by atoms with Gasteiger partial charge in [-0.1, -0.05) is 19.9 Å². The Bertz CT molecular complexity index is 3450. The maximum absolute atomic E-state index is 14.0. The number of fused-ring (bicyclic) bond motifs is 4. The van der Waals surface area contributed by atoms with Crippen LogP contribution in [-0.4, -0.2) is 203 Å². The van der Waals surface area contributed by atoms with Crippen LogP contribution in [0.2, 0.25) is 0 Å². The van der Waals surface area contributed by atoms with Crippen LogP contribution < -0.4 is 31.3 Å². The molecule has 24 heteroatoms. The monoisotopic (exact) mass is 1180 g/mol. The Morgan fingerprint density at radius 1 is 0.791 bits per heavy atom. The maximum Gasteiger partial charge on any atom is 0.276 e. The molecular formula is C62H77N13O11. The molecule has 0 bridgehead atoms. The molecule has 1 unspecified atom stereocenters. The van der Waals surface area contributed by atoms with Crippen LogP contribution in [0.15, 0.2) is 71.9 Å². The first kappa shape index (κ1) is 59.8. The van der Waals surface area contributed by atoms with Crippen molar-refractivity contribution in [3.05, 3.63) is 111 Å². The van der Waals surface area contributed by atoms with Crippen molar-refractivity contribution in [1.82, 2.24) is 44.0 Å². The highest BCUT2D eigenvalue weighted by atomic mass is 16.5. The third kappa shape index (κ3) is 12.8. The van der Waals surface area contributed by atoms with Crippen LogP contribution >= 0.6 is 0 Å². The van der Waals surface area contributed by atoms with E-state index in [2.05, 4.69) is 66.0 Å². The lowest BCUT2D eigenvalue weighted by atomic mass is 9.90. The third-order valence-electron chi connectivity index (χ3n) is 17.3. The van der Waals surface area contributed by atoms with Crippen molar-refractivity contribution in [3.8, 4) is 11.1 Å². The van der Waals surface area contributed by atoms with E-state index in [4.69, 9.17) is 14.2 Å². The number of piperazine rings is 2. The van der Waals surface area contributed by atoms with Crippen molar-refractivity contribution < 1.29 is 48.1 Å². The second-order valence-corrected chi connectivity index (χ2v) is 23.8. The number of pyridine rings is 3. The van der Waals surface area contributed by atoms with Crippen LogP contribution in [0.3, 0.4) is 0 Å². The summed E-state index contributed by atoms with van der Waals surface area (Å²) in [7, 11) is 1.67. The summed E-state index contributed by atoms with van der Waals surface area (Å²) in [6.45, 7) is 17.5. The molecule has 86 heavy (non-hydrogen) atoms. The Balaban J connectivity index is 0.553. The highest BCUT2D eigenvalue weighted by Crippen LogP contribution is 2.41. The summed E-state index contributed by atoms with van der Waals surface area (Å²) in [5.41, 5.74) is 6.96. The number of aliphatic hydroxyl groups excluding tert-OH is 1. The fourth-order valence-corrected chi connectivity index (χ4v) is 12.8. The van der Waals surface area contributed by atoms with Crippen LogP contribution in [0.25, 0.3) is 11.1 Å². The molecule has 4 aromatic heterocycles. The van der Waals surface area contributed by atoms with Gasteiger partial charge in [0.2, 0.25) is 17.7 Å². The minimum absolute atomic E-state index is 0.0422. The number of aryl methyl sites for hydroxylation is 1. The van der Waals surface area contributed by atoms with E-state index in [1.165, 1.54) is 15.8 Å². The molecule has 6 amide bonds. The number of benzene rings is 1. The van der Waals surface area contributed by atoms with E-state index in [0.717, 1.165) is 62.7 Å². The number of ether oxygens (including phenoxy) is 3. The van der Waals surface area contributed by atoms with E-state index in [1.54, 1.807) is 60.9 Å². The molecule has 3 saturated heterocycles. The summed E-state index contributed by atoms with van der Waals surface area (Å²) in [6, 6.07) is 13.3. The van der Waals surface area contributed by atoms with E-state index in [1.807, 2.05) is 23.1 Å². The van der Waals surface area contributed by atoms with Crippen molar-refractivity contribution in [2.45, 2.75) is 78.1 Å². The normalized spacial score (nSPS) is 19.7. The summed E-state index contributed by atoms with van der Waals surface area (Å²) in [5, 5.41) is 19.4. The highest BCUT2D eigenvalue weighted by molar-refractivity contribution is 6.25. The van der Waals surface area contributed by atoms with Gasteiger partial charge in [-0.15, -0.1) is 0 Å². The fraction of sp³-hybridized carbons (Fsp3) is 0.500. The first-order valence-corrected chi connectivity index (χ1v) is 29.9. The molecule has 1 aromatic carbocycles. The van der Waals surface area contributed by atoms with Gasteiger partial charge in [0.25, 0.3) is 23.3 Å². The average Bonchev–Trinajstić information content (AvgIpc) is 1.77. The number of imide groups is 2. The summed E-state index contributed by atoms with van der Waals surface area (Å²) in [4.78, 5) is 112. The Kier molecular flexibility index (Phi) is 18.1. The minimum Gasteiger partial charge on any atom is -0.392 e. The molecule has 6 aliphatic rings. The van der Waals surface area contributed by atoms with Gasteiger partial charge in [-0.05, 0) is 85.2 Å².